The first-order valence-corrected chi connectivity index (χ1v) is 10.4. The number of benzene rings is 1. The Labute approximate surface area is 165 Å². The molecule has 0 aromatic heterocycles. The number of carbonyl (C=O) groups is 2. The van der Waals surface area contributed by atoms with Crippen LogP contribution in [0.25, 0.3) is 0 Å². The fourth-order valence-electron chi connectivity index (χ4n) is 3.19. The number of unbranched alkanes of at least 4 members (excludes halogenated alkanes) is 3. The minimum atomic E-state index is -0.712. The quantitative estimate of drug-likeness (QED) is 0.416. The molecule has 3 nitrogen and oxygen atoms in total. The van der Waals surface area contributed by atoms with E-state index in [2.05, 4.69) is 24.3 Å². The molecule has 1 aromatic carbocycles. The highest BCUT2D eigenvalue weighted by molar-refractivity contribution is 5.81. The predicted octanol–water partition coefficient (Wildman–Crippen LogP) is 6.23. The van der Waals surface area contributed by atoms with E-state index >= 15 is 0 Å². The van der Waals surface area contributed by atoms with E-state index in [1.807, 2.05) is 13.8 Å². The minimum absolute atomic E-state index is 0.185. The molecule has 1 N–H and O–H groups in total. The first kappa shape index (κ1) is 23.4. The van der Waals surface area contributed by atoms with Crippen molar-refractivity contribution in [3.8, 4) is 0 Å². The lowest BCUT2D eigenvalue weighted by Crippen LogP contribution is -2.23. The summed E-state index contributed by atoms with van der Waals surface area (Å²) in [5.74, 6) is -0.432. The summed E-state index contributed by atoms with van der Waals surface area (Å²) in [6, 6.07) is 8.78. The van der Waals surface area contributed by atoms with Gasteiger partial charge in [-0.1, -0.05) is 57.4 Å². The van der Waals surface area contributed by atoms with Crippen molar-refractivity contribution in [2.45, 2.75) is 92.4 Å². The molecule has 0 radical (unpaired) electrons. The first-order valence-electron chi connectivity index (χ1n) is 10.4. The fraction of sp³-hybridized carbons (Fsp3) is 0.667. The third kappa shape index (κ3) is 8.73. The molecule has 0 amide bonds. The summed E-state index contributed by atoms with van der Waals surface area (Å²) in [4.78, 5) is 22.7. The maximum atomic E-state index is 11.6. The second-order valence-electron chi connectivity index (χ2n) is 9.22. The molecule has 0 bridgehead atoms. The van der Waals surface area contributed by atoms with Crippen LogP contribution in [-0.2, 0) is 22.4 Å². The zero-order valence-corrected chi connectivity index (χ0v) is 17.9. The Kier molecular flexibility index (Phi) is 9.21. The van der Waals surface area contributed by atoms with Gasteiger partial charge < -0.3 is 5.11 Å². The van der Waals surface area contributed by atoms with E-state index in [4.69, 9.17) is 5.11 Å². The number of carboxylic acid groups (broad SMARTS) is 1. The Balaban J connectivity index is 2.31. The van der Waals surface area contributed by atoms with Gasteiger partial charge in [-0.05, 0) is 70.4 Å². The highest BCUT2D eigenvalue weighted by Crippen LogP contribution is 2.25. The van der Waals surface area contributed by atoms with Crippen molar-refractivity contribution in [1.82, 2.24) is 0 Å². The van der Waals surface area contributed by atoms with Gasteiger partial charge in [-0.3, -0.25) is 9.59 Å². The monoisotopic (exact) mass is 374 g/mol. The Morgan fingerprint density at radius 1 is 0.815 bits per heavy atom. The lowest BCUT2D eigenvalue weighted by Gasteiger charge is -2.20. The molecule has 0 heterocycles. The van der Waals surface area contributed by atoms with E-state index < -0.39 is 11.4 Å². The molecule has 27 heavy (non-hydrogen) atoms. The molecular weight excluding hydrogens is 336 g/mol. The van der Waals surface area contributed by atoms with Gasteiger partial charge >= 0.3 is 5.97 Å². The van der Waals surface area contributed by atoms with Crippen molar-refractivity contribution in [1.29, 1.82) is 0 Å². The molecule has 152 valence electrons. The first-order chi connectivity index (χ1) is 12.5. The average molecular weight is 375 g/mol. The van der Waals surface area contributed by atoms with Crippen molar-refractivity contribution >= 4 is 11.8 Å². The zero-order chi connectivity index (χ0) is 20.5. The van der Waals surface area contributed by atoms with Gasteiger partial charge in [0.25, 0.3) is 0 Å². The van der Waals surface area contributed by atoms with E-state index in [0.29, 0.717) is 0 Å². The van der Waals surface area contributed by atoms with Crippen LogP contribution in [0.1, 0.15) is 90.7 Å². The van der Waals surface area contributed by atoms with Crippen LogP contribution in [0.5, 0.6) is 0 Å². The standard InChI is InChI=1S/C24H38O3/c1-19(25)23(2,3)16-9-6-7-12-20-14-11-15-21(18-20)13-8-10-17-24(4,5)22(26)27/h11,14-15,18H,6-10,12-13,16-17H2,1-5H3,(H,26,27). The van der Waals surface area contributed by atoms with Crippen LogP contribution in [0.3, 0.4) is 0 Å². The Morgan fingerprint density at radius 3 is 1.81 bits per heavy atom. The maximum Gasteiger partial charge on any atom is 0.309 e. The maximum absolute atomic E-state index is 11.6. The topological polar surface area (TPSA) is 54.4 Å². The second kappa shape index (κ2) is 10.6. The molecular formula is C24H38O3. The van der Waals surface area contributed by atoms with Crippen LogP contribution in [-0.4, -0.2) is 16.9 Å². The molecule has 0 saturated heterocycles. The lowest BCUT2D eigenvalue weighted by atomic mass is 9.83. The summed E-state index contributed by atoms with van der Waals surface area (Å²) in [6.45, 7) is 9.36. The molecule has 3 heteroatoms. The Bertz CT molecular complexity index is 614. The van der Waals surface area contributed by atoms with Crippen LogP contribution in [0.15, 0.2) is 24.3 Å². The van der Waals surface area contributed by atoms with Crippen molar-refractivity contribution in [3.63, 3.8) is 0 Å². The number of Topliss-reactive ketones (excluding diaryl/α,β-unsaturated/α-hetero) is 1. The molecule has 0 unspecified atom stereocenters. The fourth-order valence-corrected chi connectivity index (χ4v) is 3.19. The number of carbonyl (C=O) groups excluding carboxylic acids is 1. The second-order valence-corrected chi connectivity index (χ2v) is 9.22. The van der Waals surface area contributed by atoms with Crippen molar-refractivity contribution in [2.24, 2.45) is 10.8 Å². The summed E-state index contributed by atoms with van der Waals surface area (Å²) in [5, 5.41) is 9.17. The van der Waals surface area contributed by atoms with Gasteiger partial charge in [0, 0.05) is 5.41 Å². The van der Waals surface area contributed by atoms with E-state index in [9.17, 15) is 9.59 Å². The smallest absolute Gasteiger partial charge is 0.309 e. The highest BCUT2D eigenvalue weighted by atomic mass is 16.4. The number of aryl methyl sites for hydroxylation is 2. The van der Waals surface area contributed by atoms with Gasteiger partial charge in [0.1, 0.15) is 5.78 Å². The number of ketones is 1. The Morgan fingerprint density at radius 2 is 1.30 bits per heavy atom. The van der Waals surface area contributed by atoms with E-state index in [1.54, 1.807) is 20.8 Å². The molecule has 1 aromatic rings. The molecule has 0 aliphatic heterocycles. The van der Waals surface area contributed by atoms with Crippen LogP contribution < -0.4 is 0 Å². The van der Waals surface area contributed by atoms with Gasteiger partial charge in [-0.25, -0.2) is 0 Å². The number of rotatable bonds is 13. The largest absolute Gasteiger partial charge is 0.481 e. The molecule has 0 saturated carbocycles. The average Bonchev–Trinajstić information content (AvgIpc) is 2.58. The van der Waals surface area contributed by atoms with Gasteiger partial charge in [0.2, 0.25) is 0 Å². The van der Waals surface area contributed by atoms with Crippen LogP contribution >= 0.6 is 0 Å². The number of hydrogen-bond donors (Lipinski definition) is 1. The number of hydrogen-bond acceptors (Lipinski definition) is 2. The summed E-state index contributed by atoms with van der Waals surface area (Å²) < 4.78 is 0. The van der Waals surface area contributed by atoms with Crippen LogP contribution in [0.4, 0.5) is 0 Å². The summed E-state index contributed by atoms with van der Waals surface area (Å²) in [7, 11) is 0. The molecule has 1 rings (SSSR count). The molecule has 0 atom stereocenters. The van der Waals surface area contributed by atoms with Crippen molar-refractivity contribution in [2.75, 3.05) is 0 Å². The SMILES string of the molecule is CC(=O)C(C)(C)CCCCCc1cccc(CCCCC(C)(C)C(=O)O)c1. The Hall–Kier alpha value is -1.64. The molecule has 0 aliphatic rings. The third-order valence-corrected chi connectivity index (χ3v) is 5.81. The number of carboxylic acids is 1. The van der Waals surface area contributed by atoms with E-state index in [-0.39, 0.29) is 11.2 Å². The van der Waals surface area contributed by atoms with Gasteiger partial charge in [-0.15, -0.1) is 0 Å². The summed E-state index contributed by atoms with van der Waals surface area (Å²) in [6.07, 6.45) is 9.17. The summed E-state index contributed by atoms with van der Waals surface area (Å²) in [5.41, 5.74) is 1.91. The molecule has 0 fully saturated rings. The van der Waals surface area contributed by atoms with Crippen molar-refractivity contribution in [3.05, 3.63) is 35.4 Å². The van der Waals surface area contributed by atoms with Crippen LogP contribution in [0.2, 0.25) is 0 Å². The highest BCUT2D eigenvalue weighted by Gasteiger charge is 2.26. The van der Waals surface area contributed by atoms with Gasteiger partial charge in [0.15, 0.2) is 0 Å². The minimum Gasteiger partial charge on any atom is -0.481 e. The predicted molar refractivity (Wildman–Crippen MR) is 112 cm³/mol. The van der Waals surface area contributed by atoms with Gasteiger partial charge in [0.05, 0.1) is 5.41 Å². The molecule has 0 aliphatic carbocycles. The third-order valence-electron chi connectivity index (χ3n) is 5.81. The van der Waals surface area contributed by atoms with E-state index in [1.165, 1.54) is 11.1 Å². The zero-order valence-electron chi connectivity index (χ0n) is 17.9. The van der Waals surface area contributed by atoms with E-state index in [0.717, 1.165) is 57.8 Å². The van der Waals surface area contributed by atoms with Crippen LogP contribution in [0, 0.1) is 10.8 Å². The van der Waals surface area contributed by atoms with Gasteiger partial charge in [-0.2, -0.15) is 0 Å². The number of aliphatic carboxylic acids is 1. The summed E-state index contributed by atoms with van der Waals surface area (Å²) >= 11 is 0. The normalized spacial score (nSPS) is 12.2. The molecule has 0 spiro atoms. The van der Waals surface area contributed by atoms with Crippen molar-refractivity contribution < 1.29 is 14.7 Å². The lowest BCUT2D eigenvalue weighted by molar-refractivity contribution is -0.147.